The van der Waals surface area contributed by atoms with Crippen molar-refractivity contribution in [2.24, 2.45) is 0 Å². The first-order valence-electron chi connectivity index (χ1n) is 7.19. The third-order valence-electron chi connectivity index (χ3n) is 4.16. The van der Waals surface area contributed by atoms with Gasteiger partial charge in [0, 0.05) is 45.9 Å². The number of hydrogen-bond acceptors (Lipinski definition) is 4. The average Bonchev–Trinajstić information content (AvgIpc) is 2.82. The van der Waals surface area contributed by atoms with Crippen molar-refractivity contribution in [2.45, 2.75) is 57.9 Å². The molecule has 1 heterocycles. The quantitative estimate of drug-likeness (QED) is 0.715. The van der Waals surface area contributed by atoms with E-state index in [4.69, 9.17) is 9.47 Å². The van der Waals surface area contributed by atoms with Crippen LogP contribution in [0, 0.1) is 0 Å². The maximum atomic E-state index is 5.48. The van der Waals surface area contributed by atoms with Gasteiger partial charge in [0.2, 0.25) is 0 Å². The van der Waals surface area contributed by atoms with E-state index < -0.39 is 0 Å². The van der Waals surface area contributed by atoms with Crippen LogP contribution in [0.4, 0.5) is 0 Å². The lowest BCUT2D eigenvalue weighted by Gasteiger charge is -2.26. The van der Waals surface area contributed by atoms with Crippen LogP contribution in [-0.4, -0.2) is 63.0 Å². The van der Waals surface area contributed by atoms with Crippen LogP contribution in [0.5, 0.6) is 0 Å². The summed E-state index contributed by atoms with van der Waals surface area (Å²) in [5.41, 5.74) is 0. The van der Waals surface area contributed by atoms with Gasteiger partial charge in [0.1, 0.15) is 0 Å². The molecular weight excluding hydrogens is 228 g/mol. The molecule has 1 rings (SSSR count). The van der Waals surface area contributed by atoms with Crippen molar-refractivity contribution in [3.63, 3.8) is 0 Å². The lowest BCUT2D eigenvalue weighted by molar-refractivity contribution is -0.00461. The molecule has 4 heteroatoms. The van der Waals surface area contributed by atoms with Gasteiger partial charge in [-0.2, -0.15) is 0 Å². The van der Waals surface area contributed by atoms with Crippen LogP contribution in [0.2, 0.25) is 0 Å². The first-order chi connectivity index (χ1) is 8.65. The Labute approximate surface area is 112 Å². The smallest absolute Gasteiger partial charge is 0.0971 e. The second-order valence-corrected chi connectivity index (χ2v) is 5.27. The SMILES string of the molecule is CCC(CC)NCC(C)N1CC(OC)C(OC)C1. The van der Waals surface area contributed by atoms with Crippen molar-refractivity contribution in [1.82, 2.24) is 10.2 Å². The largest absolute Gasteiger partial charge is 0.377 e. The molecule has 0 saturated carbocycles. The molecule has 1 aliphatic heterocycles. The number of nitrogens with one attached hydrogen (secondary N) is 1. The van der Waals surface area contributed by atoms with Gasteiger partial charge in [-0.05, 0) is 19.8 Å². The fourth-order valence-corrected chi connectivity index (χ4v) is 2.63. The van der Waals surface area contributed by atoms with Crippen LogP contribution in [-0.2, 0) is 9.47 Å². The topological polar surface area (TPSA) is 33.7 Å². The van der Waals surface area contributed by atoms with Crippen molar-refractivity contribution in [3.8, 4) is 0 Å². The number of likely N-dealkylation sites (tertiary alicyclic amines) is 1. The third-order valence-corrected chi connectivity index (χ3v) is 4.16. The Morgan fingerprint density at radius 2 is 1.61 bits per heavy atom. The zero-order chi connectivity index (χ0) is 13.5. The van der Waals surface area contributed by atoms with Crippen LogP contribution in [0.3, 0.4) is 0 Å². The molecule has 4 nitrogen and oxygen atoms in total. The van der Waals surface area contributed by atoms with Crippen LogP contribution < -0.4 is 5.32 Å². The van der Waals surface area contributed by atoms with Crippen LogP contribution in [0.25, 0.3) is 0 Å². The van der Waals surface area contributed by atoms with E-state index in [-0.39, 0.29) is 12.2 Å². The van der Waals surface area contributed by atoms with Gasteiger partial charge in [0.05, 0.1) is 12.2 Å². The second-order valence-electron chi connectivity index (χ2n) is 5.27. The molecule has 0 aromatic carbocycles. The normalized spacial score (nSPS) is 27.0. The molecule has 3 unspecified atom stereocenters. The minimum absolute atomic E-state index is 0.214. The standard InChI is InChI=1S/C14H30N2O2/c1-6-12(7-2)15-8-11(3)16-9-13(17-4)14(10-16)18-5/h11-15H,6-10H2,1-5H3. The Morgan fingerprint density at radius 3 is 2.00 bits per heavy atom. The molecule has 0 spiro atoms. The number of nitrogens with zero attached hydrogens (tertiary/aromatic N) is 1. The summed E-state index contributed by atoms with van der Waals surface area (Å²) in [5, 5.41) is 3.64. The highest BCUT2D eigenvalue weighted by atomic mass is 16.5. The fraction of sp³-hybridized carbons (Fsp3) is 1.00. The minimum atomic E-state index is 0.214. The Morgan fingerprint density at radius 1 is 1.11 bits per heavy atom. The maximum Gasteiger partial charge on any atom is 0.0971 e. The van der Waals surface area contributed by atoms with Crippen LogP contribution in [0.15, 0.2) is 0 Å². The van der Waals surface area contributed by atoms with Crippen molar-refractivity contribution >= 4 is 0 Å². The van der Waals surface area contributed by atoms with E-state index in [9.17, 15) is 0 Å². The van der Waals surface area contributed by atoms with Crippen molar-refractivity contribution in [1.29, 1.82) is 0 Å². The Bertz CT molecular complexity index is 210. The molecule has 3 atom stereocenters. The summed E-state index contributed by atoms with van der Waals surface area (Å²) in [7, 11) is 3.54. The molecule has 0 bridgehead atoms. The predicted molar refractivity (Wildman–Crippen MR) is 75.0 cm³/mol. The van der Waals surface area contributed by atoms with Gasteiger partial charge in [-0.25, -0.2) is 0 Å². The van der Waals surface area contributed by atoms with Gasteiger partial charge < -0.3 is 14.8 Å². The van der Waals surface area contributed by atoms with Gasteiger partial charge >= 0.3 is 0 Å². The summed E-state index contributed by atoms with van der Waals surface area (Å²) in [6, 6.07) is 1.18. The monoisotopic (exact) mass is 258 g/mol. The lowest BCUT2D eigenvalue weighted by atomic mass is 10.1. The zero-order valence-corrected chi connectivity index (χ0v) is 12.6. The molecule has 1 aliphatic rings. The number of hydrogen-bond donors (Lipinski definition) is 1. The van der Waals surface area contributed by atoms with Crippen molar-refractivity contribution in [3.05, 3.63) is 0 Å². The lowest BCUT2D eigenvalue weighted by Crippen LogP contribution is -2.42. The molecule has 0 radical (unpaired) electrons. The number of ether oxygens (including phenoxy) is 2. The highest BCUT2D eigenvalue weighted by Gasteiger charge is 2.34. The van der Waals surface area contributed by atoms with E-state index in [0.717, 1.165) is 19.6 Å². The summed E-state index contributed by atoms with van der Waals surface area (Å²) < 4.78 is 11.0. The van der Waals surface area contributed by atoms with Gasteiger partial charge in [-0.1, -0.05) is 13.8 Å². The molecule has 0 aromatic heterocycles. The summed E-state index contributed by atoms with van der Waals surface area (Å²) in [5.74, 6) is 0. The van der Waals surface area contributed by atoms with Gasteiger partial charge in [-0.15, -0.1) is 0 Å². The first-order valence-corrected chi connectivity index (χ1v) is 7.19. The highest BCUT2D eigenvalue weighted by Crippen LogP contribution is 2.18. The fourth-order valence-electron chi connectivity index (χ4n) is 2.63. The van der Waals surface area contributed by atoms with E-state index in [0.29, 0.717) is 12.1 Å². The Kier molecular flexibility index (Phi) is 7.15. The van der Waals surface area contributed by atoms with E-state index in [1.165, 1.54) is 12.8 Å². The number of rotatable bonds is 8. The van der Waals surface area contributed by atoms with Gasteiger partial charge in [0.15, 0.2) is 0 Å². The van der Waals surface area contributed by atoms with Gasteiger partial charge in [-0.3, -0.25) is 4.90 Å². The predicted octanol–water partition coefficient (Wildman–Crippen LogP) is 1.50. The molecule has 0 aromatic rings. The van der Waals surface area contributed by atoms with Crippen molar-refractivity contribution in [2.75, 3.05) is 33.9 Å². The number of methoxy groups -OCH3 is 2. The molecular formula is C14H30N2O2. The van der Waals surface area contributed by atoms with E-state index >= 15 is 0 Å². The minimum Gasteiger partial charge on any atom is -0.377 e. The van der Waals surface area contributed by atoms with Crippen LogP contribution >= 0.6 is 0 Å². The molecule has 18 heavy (non-hydrogen) atoms. The van der Waals surface area contributed by atoms with Crippen molar-refractivity contribution < 1.29 is 9.47 Å². The second kappa shape index (κ2) is 8.10. The Balaban J connectivity index is 2.36. The molecule has 0 amide bonds. The maximum absolute atomic E-state index is 5.48. The zero-order valence-electron chi connectivity index (χ0n) is 12.6. The van der Waals surface area contributed by atoms with Crippen LogP contribution in [0.1, 0.15) is 33.6 Å². The van der Waals surface area contributed by atoms with E-state index in [2.05, 4.69) is 31.0 Å². The summed E-state index contributed by atoms with van der Waals surface area (Å²) in [4.78, 5) is 2.46. The third kappa shape index (κ3) is 4.19. The summed E-state index contributed by atoms with van der Waals surface area (Å²) >= 11 is 0. The molecule has 108 valence electrons. The van der Waals surface area contributed by atoms with E-state index in [1.807, 2.05) is 0 Å². The molecule has 1 N–H and O–H groups in total. The summed E-state index contributed by atoms with van der Waals surface area (Å²) in [6.45, 7) is 9.74. The van der Waals surface area contributed by atoms with Gasteiger partial charge in [0.25, 0.3) is 0 Å². The average molecular weight is 258 g/mol. The first kappa shape index (κ1) is 15.9. The summed E-state index contributed by atoms with van der Waals surface area (Å²) in [6.07, 6.45) is 2.83. The molecule has 1 fully saturated rings. The van der Waals surface area contributed by atoms with E-state index in [1.54, 1.807) is 14.2 Å². The molecule has 1 saturated heterocycles. The molecule has 0 aliphatic carbocycles. The highest BCUT2D eigenvalue weighted by molar-refractivity contribution is 4.89. The Hall–Kier alpha value is -0.160.